The highest BCUT2D eigenvalue weighted by molar-refractivity contribution is 5.51. The second-order valence-corrected chi connectivity index (χ2v) is 4.31. The lowest BCUT2D eigenvalue weighted by atomic mass is 9.96. The topological polar surface area (TPSA) is 38.5 Å². The molecule has 1 fully saturated rings. The van der Waals surface area contributed by atoms with Crippen LogP contribution in [0.15, 0.2) is 24.3 Å². The van der Waals surface area contributed by atoms with Crippen molar-refractivity contribution in [2.75, 3.05) is 31.1 Å². The molecule has 1 aliphatic heterocycles. The van der Waals surface area contributed by atoms with E-state index in [1.165, 1.54) is 25.2 Å². The molecular formula is C13H20N2O. The van der Waals surface area contributed by atoms with Crippen molar-refractivity contribution in [1.29, 1.82) is 0 Å². The Morgan fingerprint density at radius 1 is 1.31 bits per heavy atom. The molecule has 1 heterocycles. The quantitative estimate of drug-likeness (QED) is 0.823. The molecule has 3 heteroatoms. The van der Waals surface area contributed by atoms with Crippen LogP contribution in [0.25, 0.3) is 0 Å². The molecule has 1 aliphatic rings. The van der Waals surface area contributed by atoms with Crippen LogP contribution in [-0.2, 0) is 0 Å². The van der Waals surface area contributed by atoms with Crippen LogP contribution in [0.4, 0.5) is 5.69 Å². The van der Waals surface area contributed by atoms with Crippen LogP contribution in [0.3, 0.4) is 0 Å². The minimum atomic E-state index is 0.562. The van der Waals surface area contributed by atoms with Gasteiger partial charge in [-0.1, -0.05) is 6.92 Å². The van der Waals surface area contributed by atoms with Crippen LogP contribution < -0.4 is 15.4 Å². The third-order valence-electron chi connectivity index (χ3n) is 3.12. The Morgan fingerprint density at radius 3 is 2.56 bits per heavy atom. The molecular weight excluding hydrogens is 200 g/mol. The highest BCUT2D eigenvalue weighted by Gasteiger charge is 2.24. The van der Waals surface area contributed by atoms with Crippen molar-refractivity contribution >= 4 is 5.69 Å². The van der Waals surface area contributed by atoms with Crippen molar-refractivity contribution in [3.63, 3.8) is 0 Å². The van der Waals surface area contributed by atoms with Crippen LogP contribution in [0.1, 0.15) is 13.3 Å². The van der Waals surface area contributed by atoms with E-state index < -0.39 is 0 Å². The summed E-state index contributed by atoms with van der Waals surface area (Å²) in [7, 11) is 0. The number of nitrogens with two attached hydrogens (primary N) is 1. The van der Waals surface area contributed by atoms with Crippen LogP contribution in [0, 0.1) is 5.92 Å². The molecule has 2 rings (SSSR count). The maximum atomic E-state index is 5.44. The summed E-state index contributed by atoms with van der Waals surface area (Å²) in [5.41, 5.74) is 6.68. The van der Waals surface area contributed by atoms with Crippen LogP contribution >= 0.6 is 0 Å². The van der Waals surface area contributed by atoms with E-state index in [9.17, 15) is 0 Å². The number of hydrogen-bond donors (Lipinski definition) is 1. The Bertz CT molecular complexity index is 317. The zero-order chi connectivity index (χ0) is 11.4. The summed E-state index contributed by atoms with van der Waals surface area (Å²) in [5, 5.41) is 0. The first kappa shape index (κ1) is 11.3. The van der Waals surface area contributed by atoms with E-state index in [1.807, 2.05) is 12.1 Å². The van der Waals surface area contributed by atoms with Crippen molar-refractivity contribution in [1.82, 2.24) is 0 Å². The van der Waals surface area contributed by atoms with Crippen LogP contribution in [0.2, 0.25) is 0 Å². The first-order chi connectivity index (χ1) is 7.83. The van der Waals surface area contributed by atoms with E-state index >= 15 is 0 Å². The Hall–Kier alpha value is -1.22. The maximum Gasteiger partial charge on any atom is 0.119 e. The number of ether oxygens (including phenoxy) is 1. The second-order valence-electron chi connectivity index (χ2n) is 4.31. The number of nitrogens with zero attached hydrogens (tertiary/aromatic N) is 1. The Morgan fingerprint density at radius 2 is 2.00 bits per heavy atom. The van der Waals surface area contributed by atoms with Crippen molar-refractivity contribution in [2.45, 2.75) is 13.3 Å². The molecule has 3 nitrogen and oxygen atoms in total. The number of rotatable bonds is 5. The largest absolute Gasteiger partial charge is 0.492 e. The van der Waals surface area contributed by atoms with Gasteiger partial charge in [-0.3, -0.25) is 0 Å². The molecule has 1 aromatic rings. The van der Waals surface area contributed by atoms with Gasteiger partial charge in [-0.15, -0.1) is 0 Å². The zero-order valence-electron chi connectivity index (χ0n) is 9.86. The lowest BCUT2D eigenvalue weighted by molar-refractivity contribution is 0.328. The predicted molar refractivity (Wildman–Crippen MR) is 67.0 cm³/mol. The molecule has 0 aliphatic carbocycles. The molecule has 0 radical (unpaired) electrons. The first-order valence-corrected chi connectivity index (χ1v) is 6.01. The highest BCUT2D eigenvalue weighted by atomic mass is 16.5. The molecule has 1 saturated heterocycles. The van der Waals surface area contributed by atoms with Gasteiger partial charge in [0.15, 0.2) is 0 Å². The summed E-state index contributed by atoms with van der Waals surface area (Å²) in [6, 6.07) is 8.28. The van der Waals surface area contributed by atoms with Crippen LogP contribution in [-0.4, -0.2) is 26.2 Å². The number of anilines is 1. The molecule has 0 amide bonds. The third-order valence-corrected chi connectivity index (χ3v) is 3.12. The second kappa shape index (κ2) is 5.21. The lowest BCUT2D eigenvalue weighted by Crippen LogP contribution is -2.46. The summed E-state index contributed by atoms with van der Waals surface area (Å²) in [6.07, 6.45) is 1.29. The van der Waals surface area contributed by atoms with Gasteiger partial charge >= 0.3 is 0 Å². The van der Waals surface area contributed by atoms with Gasteiger partial charge in [0.2, 0.25) is 0 Å². The molecule has 88 valence electrons. The van der Waals surface area contributed by atoms with Crippen molar-refractivity contribution in [3.05, 3.63) is 24.3 Å². The van der Waals surface area contributed by atoms with E-state index in [0.29, 0.717) is 13.2 Å². The molecule has 0 bridgehead atoms. The molecule has 0 aromatic heterocycles. The van der Waals surface area contributed by atoms with E-state index in [0.717, 1.165) is 11.7 Å². The van der Waals surface area contributed by atoms with E-state index in [1.54, 1.807) is 0 Å². The standard InChI is InChI=1S/C13H20N2O/c1-2-11-9-15(10-11)12-3-5-13(6-4-12)16-8-7-14/h3-6,11H,2,7-10,14H2,1H3. The van der Waals surface area contributed by atoms with Gasteiger partial charge in [0, 0.05) is 25.3 Å². The molecule has 1 aromatic carbocycles. The molecule has 16 heavy (non-hydrogen) atoms. The van der Waals surface area contributed by atoms with Gasteiger partial charge in [-0.25, -0.2) is 0 Å². The molecule has 0 spiro atoms. The molecule has 0 unspecified atom stereocenters. The fourth-order valence-electron chi connectivity index (χ4n) is 1.97. The highest BCUT2D eigenvalue weighted by Crippen LogP contribution is 2.27. The van der Waals surface area contributed by atoms with Gasteiger partial charge in [0.25, 0.3) is 0 Å². The summed E-state index contributed by atoms with van der Waals surface area (Å²) in [4.78, 5) is 2.40. The van der Waals surface area contributed by atoms with Gasteiger partial charge in [0.1, 0.15) is 12.4 Å². The van der Waals surface area contributed by atoms with E-state index in [4.69, 9.17) is 10.5 Å². The minimum absolute atomic E-state index is 0.562. The predicted octanol–water partition coefficient (Wildman–Crippen LogP) is 1.87. The summed E-state index contributed by atoms with van der Waals surface area (Å²) in [5.74, 6) is 1.79. The fourth-order valence-corrected chi connectivity index (χ4v) is 1.97. The summed E-state index contributed by atoms with van der Waals surface area (Å²) < 4.78 is 5.44. The Labute approximate surface area is 97.2 Å². The minimum Gasteiger partial charge on any atom is -0.492 e. The van der Waals surface area contributed by atoms with Gasteiger partial charge in [-0.05, 0) is 36.6 Å². The number of hydrogen-bond acceptors (Lipinski definition) is 3. The fraction of sp³-hybridized carbons (Fsp3) is 0.538. The lowest BCUT2D eigenvalue weighted by Gasteiger charge is -2.40. The number of benzene rings is 1. The summed E-state index contributed by atoms with van der Waals surface area (Å²) in [6.45, 7) is 5.79. The van der Waals surface area contributed by atoms with Gasteiger partial charge in [-0.2, -0.15) is 0 Å². The molecule has 0 atom stereocenters. The monoisotopic (exact) mass is 220 g/mol. The van der Waals surface area contributed by atoms with Gasteiger partial charge in [0.05, 0.1) is 0 Å². The van der Waals surface area contributed by atoms with Crippen LogP contribution in [0.5, 0.6) is 5.75 Å². The Balaban J connectivity index is 1.88. The molecule has 2 N–H and O–H groups in total. The average molecular weight is 220 g/mol. The molecule has 0 saturated carbocycles. The van der Waals surface area contributed by atoms with Crippen molar-refractivity contribution in [2.24, 2.45) is 11.7 Å². The third kappa shape index (κ3) is 2.47. The van der Waals surface area contributed by atoms with E-state index in [2.05, 4.69) is 24.0 Å². The van der Waals surface area contributed by atoms with Crippen molar-refractivity contribution in [3.8, 4) is 5.75 Å². The van der Waals surface area contributed by atoms with Gasteiger partial charge < -0.3 is 15.4 Å². The maximum absolute atomic E-state index is 5.44. The Kier molecular flexibility index (Phi) is 3.67. The van der Waals surface area contributed by atoms with Crippen molar-refractivity contribution < 1.29 is 4.74 Å². The smallest absolute Gasteiger partial charge is 0.119 e. The average Bonchev–Trinajstić information content (AvgIpc) is 2.27. The normalized spacial score (nSPS) is 16.0. The van der Waals surface area contributed by atoms with E-state index in [-0.39, 0.29) is 0 Å². The summed E-state index contributed by atoms with van der Waals surface area (Å²) >= 11 is 0. The first-order valence-electron chi connectivity index (χ1n) is 6.01. The SMILES string of the molecule is CCC1CN(c2ccc(OCCN)cc2)C1. The zero-order valence-corrected chi connectivity index (χ0v) is 9.86.